The second-order valence-corrected chi connectivity index (χ2v) is 3.53. The lowest BCUT2D eigenvalue weighted by atomic mass is 10.2. The van der Waals surface area contributed by atoms with E-state index in [9.17, 15) is 0 Å². The largest absolute Gasteiger partial charge is 0.434 e. The van der Waals surface area contributed by atoms with Crippen molar-refractivity contribution < 1.29 is 9.47 Å². The molecule has 1 aliphatic heterocycles. The molecule has 0 aliphatic carbocycles. The zero-order valence-electron chi connectivity index (χ0n) is 5.96. The van der Waals surface area contributed by atoms with Crippen LogP contribution in [-0.2, 0) is 11.3 Å². The van der Waals surface area contributed by atoms with Gasteiger partial charge < -0.3 is 9.47 Å². The van der Waals surface area contributed by atoms with Crippen molar-refractivity contribution in [2.75, 3.05) is 0 Å². The Morgan fingerprint density at radius 2 is 2.33 bits per heavy atom. The molecule has 3 nitrogen and oxygen atoms in total. The zero-order chi connectivity index (χ0) is 8.60. The van der Waals surface area contributed by atoms with E-state index in [1.54, 1.807) is 18.5 Å². The lowest BCUT2D eigenvalue weighted by Gasteiger charge is -2.27. The monoisotopic (exact) mass is 205 g/mol. The van der Waals surface area contributed by atoms with Crippen LogP contribution >= 0.6 is 23.2 Å². The first kappa shape index (κ1) is 8.10. The lowest BCUT2D eigenvalue weighted by Crippen LogP contribution is -2.30. The summed E-state index contributed by atoms with van der Waals surface area (Å²) in [5.74, 6) is 0.564. The fraction of sp³-hybridized carbons (Fsp3) is 0.286. The molecule has 0 bridgehead atoms. The number of ether oxygens (including phenoxy) is 2. The Morgan fingerprint density at radius 3 is 3.17 bits per heavy atom. The maximum atomic E-state index is 5.59. The van der Waals surface area contributed by atoms with E-state index in [1.165, 1.54) is 0 Å². The fourth-order valence-electron chi connectivity index (χ4n) is 0.939. The maximum absolute atomic E-state index is 5.59. The van der Waals surface area contributed by atoms with E-state index < -0.39 is 4.71 Å². The van der Waals surface area contributed by atoms with E-state index in [1.807, 2.05) is 0 Å². The number of aromatic nitrogens is 1. The molecule has 0 fully saturated rings. The van der Waals surface area contributed by atoms with Gasteiger partial charge in [0.2, 0.25) is 0 Å². The van der Waals surface area contributed by atoms with Crippen LogP contribution in [0.15, 0.2) is 18.5 Å². The van der Waals surface area contributed by atoms with Crippen LogP contribution in [0.5, 0.6) is 5.75 Å². The molecular weight excluding hydrogens is 201 g/mol. The number of pyridine rings is 1. The Hall–Kier alpha value is -0.510. The van der Waals surface area contributed by atoms with Crippen molar-refractivity contribution in [1.82, 2.24) is 4.98 Å². The van der Waals surface area contributed by atoms with Gasteiger partial charge in [0.25, 0.3) is 0 Å². The van der Waals surface area contributed by atoms with E-state index in [4.69, 9.17) is 32.7 Å². The normalized spacial score (nSPS) is 19.5. The van der Waals surface area contributed by atoms with Crippen LogP contribution < -0.4 is 4.74 Å². The van der Waals surface area contributed by atoms with Crippen LogP contribution in [0.1, 0.15) is 5.56 Å². The topological polar surface area (TPSA) is 31.4 Å². The molecule has 64 valence electrons. The molecule has 5 heteroatoms. The van der Waals surface area contributed by atoms with Crippen molar-refractivity contribution in [2.45, 2.75) is 11.3 Å². The summed E-state index contributed by atoms with van der Waals surface area (Å²) in [5.41, 5.74) is 0.891. The molecule has 0 saturated heterocycles. The lowest BCUT2D eigenvalue weighted by molar-refractivity contribution is -0.0844. The molecule has 0 N–H and O–H groups in total. The third-order valence-corrected chi connectivity index (χ3v) is 1.87. The molecule has 2 rings (SSSR count). The van der Waals surface area contributed by atoms with Gasteiger partial charge in [-0.25, -0.2) is 0 Å². The summed E-state index contributed by atoms with van der Waals surface area (Å²) in [4.78, 5) is 3.87. The number of rotatable bonds is 0. The van der Waals surface area contributed by atoms with Gasteiger partial charge in [-0.05, 0) is 29.3 Å². The van der Waals surface area contributed by atoms with E-state index in [0.717, 1.165) is 5.56 Å². The van der Waals surface area contributed by atoms with Gasteiger partial charge in [-0.2, -0.15) is 0 Å². The predicted molar refractivity (Wildman–Crippen MR) is 44.1 cm³/mol. The van der Waals surface area contributed by atoms with Crippen LogP contribution in [0.25, 0.3) is 0 Å². The highest BCUT2D eigenvalue weighted by Crippen LogP contribution is 2.35. The molecule has 0 aromatic carbocycles. The van der Waals surface area contributed by atoms with Crippen LogP contribution in [0, 0.1) is 0 Å². The number of fused-ring (bicyclic) bond motifs is 1. The maximum Gasteiger partial charge on any atom is 0.375 e. The third kappa shape index (κ3) is 1.48. The Labute approximate surface area is 79.2 Å². The Kier molecular flexibility index (Phi) is 1.87. The summed E-state index contributed by atoms with van der Waals surface area (Å²) in [7, 11) is 0. The number of alkyl halides is 2. The Morgan fingerprint density at radius 1 is 1.50 bits per heavy atom. The molecule has 1 aromatic heterocycles. The van der Waals surface area contributed by atoms with Gasteiger partial charge >= 0.3 is 4.71 Å². The van der Waals surface area contributed by atoms with Gasteiger partial charge in [-0.3, -0.25) is 4.98 Å². The van der Waals surface area contributed by atoms with E-state index in [-0.39, 0.29) is 0 Å². The average Bonchev–Trinajstić information content (AvgIpc) is 2.02. The van der Waals surface area contributed by atoms with Crippen molar-refractivity contribution in [3.05, 3.63) is 24.0 Å². The van der Waals surface area contributed by atoms with Crippen molar-refractivity contribution >= 4 is 23.2 Å². The predicted octanol–water partition coefficient (Wildman–Crippen LogP) is 2.08. The van der Waals surface area contributed by atoms with E-state index in [0.29, 0.717) is 12.4 Å². The van der Waals surface area contributed by atoms with Crippen molar-refractivity contribution in [3.63, 3.8) is 0 Å². The minimum atomic E-state index is -1.57. The highest BCUT2D eigenvalue weighted by Gasteiger charge is 2.32. The number of nitrogens with zero attached hydrogens (tertiary/aromatic N) is 1. The SMILES string of the molecule is ClC1(Cl)OCc2ccncc2O1. The molecular formula is C7H5Cl2NO2. The zero-order valence-corrected chi connectivity index (χ0v) is 7.47. The van der Waals surface area contributed by atoms with Gasteiger partial charge in [0.15, 0.2) is 0 Å². The molecule has 0 radical (unpaired) electrons. The second-order valence-electron chi connectivity index (χ2n) is 2.34. The number of hydrogen-bond acceptors (Lipinski definition) is 3. The first-order valence-electron chi connectivity index (χ1n) is 3.31. The molecule has 0 unspecified atom stereocenters. The summed E-state index contributed by atoms with van der Waals surface area (Å²) in [6.07, 6.45) is 3.21. The Balaban J connectivity index is 2.35. The standard InChI is InChI=1S/C7H5Cl2NO2/c8-7(9)11-4-5-1-2-10-3-6(5)12-7/h1-3H,4H2. The smallest absolute Gasteiger partial charge is 0.375 e. The minimum absolute atomic E-state index is 0.338. The second kappa shape index (κ2) is 2.76. The highest BCUT2D eigenvalue weighted by atomic mass is 35.5. The van der Waals surface area contributed by atoms with Gasteiger partial charge in [-0.1, -0.05) is 0 Å². The van der Waals surface area contributed by atoms with Gasteiger partial charge in [0.05, 0.1) is 12.8 Å². The molecule has 1 aliphatic rings. The summed E-state index contributed by atoms with van der Waals surface area (Å²) < 4.78 is 8.46. The number of hydrogen-bond donors (Lipinski definition) is 0. The van der Waals surface area contributed by atoms with E-state index >= 15 is 0 Å². The van der Waals surface area contributed by atoms with Crippen molar-refractivity contribution in [1.29, 1.82) is 0 Å². The molecule has 12 heavy (non-hydrogen) atoms. The molecule has 2 heterocycles. The first-order chi connectivity index (χ1) is 5.67. The van der Waals surface area contributed by atoms with Crippen LogP contribution in [0.4, 0.5) is 0 Å². The summed E-state index contributed by atoms with van der Waals surface area (Å²) in [5, 5.41) is 0. The van der Waals surface area contributed by atoms with Crippen molar-refractivity contribution in [2.24, 2.45) is 0 Å². The van der Waals surface area contributed by atoms with Crippen LogP contribution in [0.3, 0.4) is 0 Å². The summed E-state index contributed by atoms with van der Waals surface area (Å²) in [6, 6.07) is 1.79. The first-order valence-corrected chi connectivity index (χ1v) is 4.07. The van der Waals surface area contributed by atoms with Crippen LogP contribution in [-0.4, -0.2) is 9.69 Å². The quantitative estimate of drug-likeness (QED) is 0.609. The minimum Gasteiger partial charge on any atom is -0.434 e. The summed E-state index contributed by atoms with van der Waals surface area (Å²) >= 11 is 11.2. The van der Waals surface area contributed by atoms with Crippen LogP contribution in [0.2, 0.25) is 0 Å². The van der Waals surface area contributed by atoms with Gasteiger partial charge in [0, 0.05) is 11.8 Å². The molecule has 0 amide bonds. The summed E-state index contributed by atoms with van der Waals surface area (Å²) in [6.45, 7) is 0.338. The third-order valence-electron chi connectivity index (χ3n) is 1.49. The van der Waals surface area contributed by atoms with Crippen molar-refractivity contribution in [3.8, 4) is 5.75 Å². The molecule has 0 saturated carbocycles. The molecule has 1 aromatic rings. The molecule has 0 spiro atoms. The van der Waals surface area contributed by atoms with E-state index in [2.05, 4.69) is 4.98 Å². The fourth-order valence-corrected chi connectivity index (χ4v) is 1.21. The molecule has 0 atom stereocenters. The Bertz CT molecular complexity index is 303. The highest BCUT2D eigenvalue weighted by molar-refractivity contribution is 6.46. The van der Waals surface area contributed by atoms with Gasteiger partial charge in [-0.15, -0.1) is 0 Å². The average molecular weight is 206 g/mol. The van der Waals surface area contributed by atoms with Gasteiger partial charge in [0.1, 0.15) is 5.75 Å². The number of halogens is 2.